The van der Waals surface area contributed by atoms with Crippen molar-refractivity contribution in [2.24, 2.45) is 0 Å². The van der Waals surface area contributed by atoms with Crippen molar-refractivity contribution in [3.63, 3.8) is 0 Å². The summed E-state index contributed by atoms with van der Waals surface area (Å²) in [4.78, 5) is 0. The molecule has 0 saturated heterocycles. The third-order valence-electron chi connectivity index (χ3n) is 1.67. The maximum Gasteiger partial charge on any atom is 0.188 e. The van der Waals surface area contributed by atoms with E-state index in [9.17, 15) is 0 Å². The van der Waals surface area contributed by atoms with Crippen LogP contribution in [0.25, 0.3) is 0 Å². The van der Waals surface area contributed by atoms with Crippen molar-refractivity contribution in [2.75, 3.05) is 0 Å². The average molecular weight is 337 g/mol. The average Bonchev–Trinajstić information content (AvgIpc) is 2.79. The van der Waals surface area contributed by atoms with Gasteiger partial charge in [0, 0.05) is 0 Å². The van der Waals surface area contributed by atoms with E-state index in [1.54, 1.807) is 0 Å². The van der Waals surface area contributed by atoms with Gasteiger partial charge in [0.05, 0.1) is 17.6 Å². The number of rotatable bonds is 4. The SMILES string of the molecule is Brc1cc(CNCc2nn[nH]n2)oc1Br. The molecule has 8 heteroatoms. The molecule has 80 valence electrons. The third kappa shape index (κ3) is 2.86. The van der Waals surface area contributed by atoms with Crippen LogP contribution in [0.15, 0.2) is 19.6 Å². The second-order valence-electron chi connectivity index (χ2n) is 2.77. The third-order valence-corrected chi connectivity index (χ3v) is 3.38. The predicted octanol–water partition coefficient (Wildman–Crippen LogP) is 1.61. The Morgan fingerprint density at radius 2 is 2.27 bits per heavy atom. The fourth-order valence-electron chi connectivity index (χ4n) is 1.03. The van der Waals surface area contributed by atoms with Crippen molar-refractivity contribution in [2.45, 2.75) is 13.1 Å². The highest BCUT2D eigenvalue weighted by Gasteiger charge is 2.05. The molecule has 0 radical (unpaired) electrons. The number of H-pyrrole nitrogens is 1. The molecular formula is C7H7Br2N5O. The standard InChI is InChI=1S/C7H7Br2N5O/c8-5-1-4(15-7(5)9)2-10-3-6-11-13-14-12-6/h1,10H,2-3H2,(H,11,12,13,14). The summed E-state index contributed by atoms with van der Waals surface area (Å²) in [6.07, 6.45) is 0. The van der Waals surface area contributed by atoms with Gasteiger partial charge >= 0.3 is 0 Å². The van der Waals surface area contributed by atoms with E-state index < -0.39 is 0 Å². The van der Waals surface area contributed by atoms with Crippen molar-refractivity contribution in [1.29, 1.82) is 0 Å². The Labute approximate surface area is 102 Å². The Morgan fingerprint density at radius 3 is 2.87 bits per heavy atom. The van der Waals surface area contributed by atoms with Crippen LogP contribution in [0.1, 0.15) is 11.6 Å². The Hall–Kier alpha value is -0.730. The lowest BCUT2D eigenvalue weighted by molar-refractivity contribution is 0.462. The lowest BCUT2D eigenvalue weighted by atomic mass is 10.4. The van der Waals surface area contributed by atoms with Crippen molar-refractivity contribution in [3.05, 3.63) is 26.8 Å². The number of halogens is 2. The van der Waals surface area contributed by atoms with E-state index in [0.717, 1.165) is 10.2 Å². The van der Waals surface area contributed by atoms with E-state index in [1.165, 1.54) is 0 Å². The zero-order chi connectivity index (χ0) is 10.7. The molecule has 2 rings (SSSR count). The van der Waals surface area contributed by atoms with E-state index in [2.05, 4.69) is 57.8 Å². The minimum absolute atomic E-state index is 0.548. The van der Waals surface area contributed by atoms with Gasteiger partial charge in [0.15, 0.2) is 10.5 Å². The van der Waals surface area contributed by atoms with Crippen LogP contribution in [0, 0.1) is 0 Å². The Morgan fingerprint density at radius 1 is 1.40 bits per heavy atom. The molecule has 0 aliphatic heterocycles. The molecule has 0 unspecified atom stereocenters. The van der Waals surface area contributed by atoms with Crippen LogP contribution in [0.3, 0.4) is 0 Å². The maximum atomic E-state index is 5.38. The molecule has 0 aliphatic carbocycles. The highest BCUT2D eigenvalue weighted by atomic mass is 79.9. The Bertz CT molecular complexity index is 407. The van der Waals surface area contributed by atoms with Gasteiger partial charge in [-0.05, 0) is 37.9 Å². The van der Waals surface area contributed by atoms with Crippen molar-refractivity contribution in [1.82, 2.24) is 25.9 Å². The quantitative estimate of drug-likeness (QED) is 0.886. The van der Waals surface area contributed by atoms with E-state index in [-0.39, 0.29) is 0 Å². The summed E-state index contributed by atoms with van der Waals surface area (Å²) in [7, 11) is 0. The Kier molecular flexibility index (Phi) is 3.49. The Balaban J connectivity index is 1.83. The first-order valence-electron chi connectivity index (χ1n) is 4.12. The summed E-state index contributed by atoms with van der Waals surface area (Å²) >= 11 is 6.60. The fraction of sp³-hybridized carbons (Fsp3) is 0.286. The summed E-state index contributed by atoms with van der Waals surface area (Å²) in [6, 6.07) is 1.90. The largest absolute Gasteiger partial charge is 0.452 e. The van der Waals surface area contributed by atoms with E-state index >= 15 is 0 Å². The second kappa shape index (κ2) is 4.86. The first-order chi connectivity index (χ1) is 7.25. The minimum atomic E-state index is 0.548. The van der Waals surface area contributed by atoms with Gasteiger partial charge in [0.2, 0.25) is 0 Å². The van der Waals surface area contributed by atoms with Crippen molar-refractivity contribution >= 4 is 31.9 Å². The van der Waals surface area contributed by atoms with Crippen LogP contribution in [0.4, 0.5) is 0 Å². The molecule has 2 aromatic rings. The zero-order valence-corrected chi connectivity index (χ0v) is 10.7. The molecule has 0 aromatic carbocycles. The van der Waals surface area contributed by atoms with Crippen molar-refractivity contribution < 1.29 is 4.42 Å². The molecule has 0 fully saturated rings. The van der Waals surface area contributed by atoms with Gasteiger partial charge in [-0.15, -0.1) is 10.2 Å². The molecule has 0 atom stereocenters. The summed E-state index contributed by atoms with van der Waals surface area (Å²) in [6.45, 7) is 1.16. The molecule has 2 aromatic heterocycles. The number of nitrogens with one attached hydrogen (secondary N) is 2. The first-order valence-corrected chi connectivity index (χ1v) is 5.71. The first kappa shape index (κ1) is 10.8. The monoisotopic (exact) mass is 335 g/mol. The fourth-order valence-corrected chi connectivity index (χ4v) is 1.69. The van der Waals surface area contributed by atoms with Gasteiger partial charge in [0.1, 0.15) is 5.76 Å². The number of hydrogen-bond donors (Lipinski definition) is 2. The van der Waals surface area contributed by atoms with Gasteiger partial charge in [-0.3, -0.25) is 0 Å². The minimum Gasteiger partial charge on any atom is -0.452 e. The van der Waals surface area contributed by atoms with E-state index in [4.69, 9.17) is 4.42 Å². The summed E-state index contributed by atoms with van der Waals surface area (Å²) < 4.78 is 6.97. The van der Waals surface area contributed by atoms with Gasteiger partial charge in [0.25, 0.3) is 0 Å². The molecule has 0 amide bonds. The number of tetrazole rings is 1. The second-order valence-corrected chi connectivity index (χ2v) is 4.34. The number of furan rings is 1. The molecule has 2 N–H and O–H groups in total. The normalized spacial score (nSPS) is 10.8. The molecule has 2 heterocycles. The molecular weight excluding hydrogens is 330 g/mol. The van der Waals surface area contributed by atoms with Crippen LogP contribution < -0.4 is 5.32 Å². The van der Waals surface area contributed by atoms with E-state index in [0.29, 0.717) is 23.6 Å². The van der Waals surface area contributed by atoms with Gasteiger partial charge in [-0.1, -0.05) is 5.21 Å². The molecule has 6 nitrogen and oxygen atoms in total. The van der Waals surface area contributed by atoms with Crippen LogP contribution in [-0.2, 0) is 13.1 Å². The smallest absolute Gasteiger partial charge is 0.188 e. The summed E-state index contributed by atoms with van der Waals surface area (Å²) in [5, 5.41) is 16.6. The number of nitrogens with zero attached hydrogens (tertiary/aromatic N) is 3. The molecule has 15 heavy (non-hydrogen) atoms. The van der Waals surface area contributed by atoms with E-state index in [1.807, 2.05) is 6.07 Å². The van der Waals surface area contributed by atoms with Crippen LogP contribution in [0.5, 0.6) is 0 Å². The van der Waals surface area contributed by atoms with Crippen LogP contribution in [-0.4, -0.2) is 20.6 Å². The van der Waals surface area contributed by atoms with Crippen molar-refractivity contribution in [3.8, 4) is 0 Å². The topological polar surface area (TPSA) is 79.6 Å². The summed E-state index contributed by atoms with van der Waals surface area (Å²) in [5.41, 5.74) is 0. The molecule has 0 bridgehead atoms. The maximum absolute atomic E-state index is 5.38. The number of aromatic nitrogens is 4. The van der Waals surface area contributed by atoms with Crippen LogP contribution in [0.2, 0.25) is 0 Å². The van der Waals surface area contributed by atoms with Gasteiger partial charge < -0.3 is 9.73 Å². The molecule has 0 saturated carbocycles. The van der Waals surface area contributed by atoms with Crippen LogP contribution >= 0.6 is 31.9 Å². The highest BCUT2D eigenvalue weighted by molar-refractivity contribution is 9.13. The number of hydrogen-bond acceptors (Lipinski definition) is 5. The zero-order valence-electron chi connectivity index (χ0n) is 7.50. The molecule has 0 aliphatic rings. The lowest BCUT2D eigenvalue weighted by Crippen LogP contribution is -2.13. The van der Waals surface area contributed by atoms with Gasteiger partial charge in [-0.25, -0.2) is 0 Å². The lowest BCUT2D eigenvalue weighted by Gasteiger charge is -1.96. The predicted molar refractivity (Wildman–Crippen MR) is 58.8 cm³/mol. The number of aromatic amines is 1. The molecule has 0 spiro atoms. The highest BCUT2D eigenvalue weighted by Crippen LogP contribution is 2.26. The summed E-state index contributed by atoms with van der Waals surface area (Å²) in [5.74, 6) is 1.46. The van der Waals surface area contributed by atoms with Gasteiger partial charge in [-0.2, -0.15) is 5.21 Å².